The van der Waals surface area contributed by atoms with Crippen LogP contribution in [0.2, 0.25) is 0 Å². The van der Waals surface area contributed by atoms with Crippen molar-refractivity contribution >= 4 is 15.7 Å². The third-order valence-electron chi connectivity index (χ3n) is 2.84. The molecule has 0 atom stereocenters. The minimum Gasteiger partial charge on any atom is -0.508 e. The van der Waals surface area contributed by atoms with Crippen LogP contribution in [0.3, 0.4) is 0 Å². The second-order valence-corrected chi connectivity index (χ2v) is 6.05. The number of hydrogen-bond acceptors (Lipinski definition) is 3. The second-order valence-electron chi connectivity index (χ2n) is 4.37. The van der Waals surface area contributed by atoms with Gasteiger partial charge in [-0.05, 0) is 49.2 Å². The van der Waals surface area contributed by atoms with Gasteiger partial charge < -0.3 is 5.11 Å². The SMILES string of the molecule is Cc1cc(NS(=O)(=O)c2ccccc2)c(C)cc1O. The molecule has 0 heterocycles. The Labute approximate surface area is 112 Å². The van der Waals surface area contributed by atoms with Crippen LogP contribution in [0.25, 0.3) is 0 Å². The maximum Gasteiger partial charge on any atom is 0.261 e. The van der Waals surface area contributed by atoms with Crippen LogP contribution in [0.1, 0.15) is 11.1 Å². The molecule has 0 aliphatic carbocycles. The number of phenolic OH excluding ortho intramolecular Hbond substituents is 1. The molecular formula is C14H15NO3S. The highest BCUT2D eigenvalue weighted by Gasteiger charge is 2.15. The van der Waals surface area contributed by atoms with E-state index in [2.05, 4.69) is 4.72 Å². The van der Waals surface area contributed by atoms with E-state index in [4.69, 9.17) is 0 Å². The molecule has 0 fully saturated rings. The topological polar surface area (TPSA) is 66.4 Å². The van der Waals surface area contributed by atoms with Crippen LogP contribution in [0, 0.1) is 13.8 Å². The highest BCUT2D eigenvalue weighted by atomic mass is 32.2. The Bertz CT molecular complexity index is 694. The average molecular weight is 277 g/mol. The van der Waals surface area contributed by atoms with Gasteiger partial charge in [0.2, 0.25) is 0 Å². The van der Waals surface area contributed by atoms with Gasteiger partial charge in [-0.15, -0.1) is 0 Å². The third kappa shape index (κ3) is 2.88. The van der Waals surface area contributed by atoms with Crippen LogP contribution < -0.4 is 4.72 Å². The molecule has 19 heavy (non-hydrogen) atoms. The van der Waals surface area contributed by atoms with Gasteiger partial charge in [0.15, 0.2) is 0 Å². The second kappa shape index (κ2) is 4.93. The zero-order valence-electron chi connectivity index (χ0n) is 10.7. The molecule has 0 aliphatic heterocycles. The van der Waals surface area contributed by atoms with E-state index in [9.17, 15) is 13.5 Å². The zero-order valence-corrected chi connectivity index (χ0v) is 11.5. The Morgan fingerprint density at radius 3 is 2.26 bits per heavy atom. The highest BCUT2D eigenvalue weighted by Crippen LogP contribution is 2.26. The molecular weight excluding hydrogens is 262 g/mol. The number of rotatable bonds is 3. The van der Waals surface area contributed by atoms with Crippen LogP contribution in [-0.2, 0) is 10.0 Å². The Morgan fingerprint density at radius 2 is 1.63 bits per heavy atom. The summed E-state index contributed by atoms with van der Waals surface area (Å²) in [5.74, 6) is 0.153. The summed E-state index contributed by atoms with van der Waals surface area (Å²) in [6, 6.07) is 11.3. The molecule has 0 radical (unpaired) electrons. The van der Waals surface area contributed by atoms with Crippen LogP contribution in [0.4, 0.5) is 5.69 Å². The average Bonchev–Trinajstić information content (AvgIpc) is 2.37. The van der Waals surface area contributed by atoms with E-state index in [-0.39, 0.29) is 10.6 Å². The van der Waals surface area contributed by atoms with Crippen LogP contribution in [0.5, 0.6) is 5.75 Å². The zero-order chi connectivity index (χ0) is 14.0. The molecule has 0 saturated heterocycles. The van der Waals surface area contributed by atoms with Crippen molar-refractivity contribution in [2.45, 2.75) is 18.7 Å². The first kappa shape index (κ1) is 13.4. The highest BCUT2D eigenvalue weighted by molar-refractivity contribution is 7.92. The first-order valence-corrected chi connectivity index (χ1v) is 7.26. The summed E-state index contributed by atoms with van der Waals surface area (Å²) in [5, 5.41) is 9.56. The normalized spacial score (nSPS) is 11.3. The quantitative estimate of drug-likeness (QED) is 0.848. The molecule has 2 aromatic rings. The molecule has 0 unspecified atom stereocenters. The lowest BCUT2D eigenvalue weighted by Gasteiger charge is -2.12. The monoisotopic (exact) mass is 277 g/mol. The number of benzene rings is 2. The fraction of sp³-hybridized carbons (Fsp3) is 0.143. The van der Waals surface area contributed by atoms with Gasteiger partial charge in [0, 0.05) is 0 Å². The third-order valence-corrected chi connectivity index (χ3v) is 4.22. The fourth-order valence-corrected chi connectivity index (χ4v) is 2.86. The molecule has 100 valence electrons. The molecule has 0 aromatic heterocycles. The van der Waals surface area contributed by atoms with Crippen molar-refractivity contribution in [2.75, 3.05) is 4.72 Å². The standard InChI is InChI=1S/C14H15NO3S/c1-10-9-14(16)11(2)8-13(10)15-19(17,18)12-6-4-3-5-7-12/h3-9,15-16H,1-2H3. The Kier molecular flexibility index (Phi) is 3.48. The van der Waals surface area contributed by atoms with E-state index in [1.807, 2.05) is 0 Å². The lowest BCUT2D eigenvalue weighted by molar-refractivity contribution is 0.471. The predicted molar refractivity (Wildman–Crippen MR) is 74.8 cm³/mol. The molecule has 0 amide bonds. The van der Waals surface area contributed by atoms with Crippen molar-refractivity contribution in [2.24, 2.45) is 0 Å². The van der Waals surface area contributed by atoms with Crippen molar-refractivity contribution in [3.8, 4) is 5.75 Å². The first-order chi connectivity index (χ1) is 8.90. The molecule has 5 heteroatoms. The van der Waals surface area contributed by atoms with Crippen molar-refractivity contribution < 1.29 is 13.5 Å². The molecule has 0 spiro atoms. The largest absolute Gasteiger partial charge is 0.508 e. The molecule has 2 rings (SSSR count). The molecule has 4 nitrogen and oxygen atoms in total. The minimum atomic E-state index is -3.60. The Hall–Kier alpha value is -2.01. The number of phenols is 1. The first-order valence-electron chi connectivity index (χ1n) is 5.78. The van der Waals surface area contributed by atoms with E-state index in [0.717, 1.165) is 0 Å². The summed E-state index contributed by atoms with van der Waals surface area (Å²) < 4.78 is 26.9. The van der Waals surface area contributed by atoms with Gasteiger partial charge in [-0.25, -0.2) is 8.42 Å². The summed E-state index contributed by atoms with van der Waals surface area (Å²) in [7, 11) is -3.60. The number of aromatic hydroxyl groups is 1. The van der Waals surface area contributed by atoms with Gasteiger partial charge >= 0.3 is 0 Å². The van der Waals surface area contributed by atoms with Gasteiger partial charge in [-0.2, -0.15) is 0 Å². The van der Waals surface area contributed by atoms with E-state index in [0.29, 0.717) is 16.8 Å². The summed E-state index contributed by atoms with van der Waals surface area (Å²) in [6.07, 6.45) is 0. The number of hydrogen-bond donors (Lipinski definition) is 2. The van der Waals surface area contributed by atoms with Gasteiger partial charge in [-0.1, -0.05) is 18.2 Å². The number of sulfonamides is 1. The molecule has 0 aliphatic rings. The van der Waals surface area contributed by atoms with E-state index < -0.39 is 10.0 Å². The fourth-order valence-electron chi connectivity index (χ4n) is 1.71. The smallest absolute Gasteiger partial charge is 0.261 e. The van der Waals surface area contributed by atoms with Crippen molar-refractivity contribution in [1.82, 2.24) is 0 Å². The van der Waals surface area contributed by atoms with Gasteiger partial charge in [0.1, 0.15) is 5.75 Å². The predicted octanol–water partition coefficient (Wildman–Crippen LogP) is 2.81. The van der Waals surface area contributed by atoms with Gasteiger partial charge in [0.05, 0.1) is 10.6 Å². The molecule has 2 N–H and O–H groups in total. The van der Waals surface area contributed by atoms with Crippen LogP contribution >= 0.6 is 0 Å². The molecule has 2 aromatic carbocycles. The van der Waals surface area contributed by atoms with Crippen molar-refractivity contribution in [1.29, 1.82) is 0 Å². The van der Waals surface area contributed by atoms with Gasteiger partial charge in [-0.3, -0.25) is 4.72 Å². The maximum absolute atomic E-state index is 12.2. The van der Waals surface area contributed by atoms with E-state index in [1.165, 1.54) is 18.2 Å². The van der Waals surface area contributed by atoms with Crippen molar-refractivity contribution in [3.63, 3.8) is 0 Å². The summed E-state index contributed by atoms with van der Waals surface area (Å²) in [5.41, 5.74) is 1.76. The number of nitrogens with one attached hydrogen (secondary N) is 1. The summed E-state index contributed by atoms with van der Waals surface area (Å²) in [6.45, 7) is 3.46. The molecule has 0 saturated carbocycles. The summed E-state index contributed by atoms with van der Waals surface area (Å²) in [4.78, 5) is 0.208. The lowest BCUT2D eigenvalue weighted by Crippen LogP contribution is -2.13. The minimum absolute atomic E-state index is 0.153. The Morgan fingerprint density at radius 1 is 1.00 bits per heavy atom. The van der Waals surface area contributed by atoms with Crippen LogP contribution in [-0.4, -0.2) is 13.5 Å². The van der Waals surface area contributed by atoms with Gasteiger partial charge in [0.25, 0.3) is 10.0 Å². The lowest BCUT2D eigenvalue weighted by atomic mass is 10.1. The van der Waals surface area contributed by atoms with Crippen LogP contribution in [0.15, 0.2) is 47.4 Å². The number of anilines is 1. The van der Waals surface area contributed by atoms with E-state index in [1.54, 1.807) is 38.1 Å². The maximum atomic E-state index is 12.2. The van der Waals surface area contributed by atoms with Crippen molar-refractivity contribution in [3.05, 3.63) is 53.6 Å². The summed E-state index contributed by atoms with van der Waals surface area (Å²) >= 11 is 0. The number of aryl methyl sites for hydroxylation is 2. The molecule has 0 bridgehead atoms. The van der Waals surface area contributed by atoms with E-state index >= 15 is 0 Å². The Balaban J connectivity index is 2.39.